The summed E-state index contributed by atoms with van der Waals surface area (Å²) in [4.78, 5) is 47.8. The van der Waals surface area contributed by atoms with E-state index in [0.717, 1.165) is 57.3 Å². The summed E-state index contributed by atoms with van der Waals surface area (Å²) >= 11 is 0. The molecular formula is C28H37N5O3. The molecule has 192 valence electrons. The third-order valence-corrected chi connectivity index (χ3v) is 8.88. The predicted octanol–water partition coefficient (Wildman–Crippen LogP) is 3.13. The van der Waals surface area contributed by atoms with Gasteiger partial charge in [0.25, 0.3) is 0 Å². The zero-order valence-electron chi connectivity index (χ0n) is 21.0. The van der Waals surface area contributed by atoms with E-state index in [2.05, 4.69) is 32.2 Å². The summed E-state index contributed by atoms with van der Waals surface area (Å²) in [7, 11) is 0. The molecule has 4 aliphatic heterocycles. The molecule has 4 aliphatic rings. The maximum absolute atomic E-state index is 13.4. The number of hydrogen-bond donors (Lipinski definition) is 2. The van der Waals surface area contributed by atoms with E-state index < -0.39 is 0 Å². The Morgan fingerprint density at radius 3 is 2.72 bits per heavy atom. The molecule has 0 aliphatic carbocycles. The van der Waals surface area contributed by atoms with Crippen LogP contribution in [0.2, 0.25) is 0 Å². The minimum atomic E-state index is 0.0838. The number of piperidine rings is 4. The first-order valence-corrected chi connectivity index (χ1v) is 13.7. The number of hydrogen-bond acceptors (Lipinski definition) is 3. The van der Waals surface area contributed by atoms with Crippen molar-refractivity contribution in [3.63, 3.8) is 0 Å². The molecule has 8 nitrogen and oxygen atoms in total. The van der Waals surface area contributed by atoms with Crippen LogP contribution in [0, 0.1) is 11.8 Å². The van der Waals surface area contributed by atoms with E-state index in [-0.39, 0.29) is 18.0 Å². The van der Waals surface area contributed by atoms with Crippen LogP contribution in [0.1, 0.15) is 50.5 Å². The summed E-state index contributed by atoms with van der Waals surface area (Å²) in [5, 5.41) is 4.38. The van der Waals surface area contributed by atoms with Gasteiger partial charge in [0, 0.05) is 74.7 Å². The summed E-state index contributed by atoms with van der Waals surface area (Å²) in [6.45, 7) is 3.72. The fraction of sp³-hybridized carbons (Fsp3) is 0.607. The number of nitrogens with zero attached hydrogens (tertiary/aromatic N) is 3. The van der Waals surface area contributed by atoms with Gasteiger partial charge in [-0.15, -0.1) is 0 Å². The number of fused-ring (bicyclic) bond motifs is 5. The van der Waals surface area contributed by atoms with Crippen LogP contribution in [-0.4, -0.2) is 82.3 Å². The largest absolute Gasteiger partial charge is 0.361 e. The van der Waals surface area contributed by atoms with Crippen LogP contribution in [0.4, 0.5) is 4.79 Å². The first-order valence-electron chi connectivity index (χ1n) is 13.7. The van der Waals surface area contributed by atoms with Crippen LogP contribution in [-0.2, 0) is 16.0 Å². The van der Waals surface area contributed by atoms with Crippen molar-refractivity contribution in [1.29, 1.82) is 0 Å². The molecule has 4 fully saturated rings. The minimum Gasteiger partial charge on any atom is -0.361 e. The highest BCUT2D eigenvalue weighted by atomic mass is 16.2. The van der Waals surface area contributed by atoms with Crippen LogP contribution in [0.25, 0.3) is 10.9 Å². The molecule has 0 saturated carbocycles. The molecule has 0 radical (unpaired) electrons. The second-order valence-corrected chi connectivity index (χ2v) is 11.2. The SMILES string of the molecule is O=C(CCc1c[nH]c2ccccc12)NC1CCN(C(=O)N2C[C@H]3C[C@H](C2)[C@H]2CCCC(=O)N2C3)CC1. The number of amides is 4. The Balaban J connectivity index is 0.970. The topological polar surface area (TPSA) is 88.7 Å². The van der Waals surface area contributed by atoms with Gasteiger partial charge >= 0.3 is 6.03 Å². The zero-order valence-corrected chi connectivity index (χ0v) is 21.0. The Morgan fingerprint density at radius 1 is 1.03 bits per heavy atom. The number of benzene rings is 1. The Labute approximate surface area is 212 Å². The monoisotopic (exact) mass is 491 g/mol. The number of urea groups is 1. The third kappa shape index (κ3) is 4.58. The van der Waals surface area contributed by atoms with E-state index in [1.807, 2.05) is 23.2 Å². The normalized spacial score (nSPS) is 26.7. The molecule has 2 bridgehead atoms. The average Bonchev–Trinajstić information content (AvgIpc) is 3.31. The molecule has 0 spiro atoms. The molecule has 3 atom stereocenters. The number of aromatic amines is 1. The van der Waals surface area contributed by atoms with Gasteiger partial charge in [0.05, 0.1) is 0 Å². The number of H-pyrrole nitrogens is 1. The molecule has 6 rings (SSSR count). The van der Waals surface area contributed by atoms with Crippen LogP contribution in [0.5, 0.6) is 0 Å². The first-order chi connectivity index (χ1) is 17.5. The van der Waals surface area contributed by atoms with E-state index >= 15 is 0 Å². The molecule has 1 aromatic carbocycles. The fourth-order valence-corrected chi connectivity index (χ4v) is 7.07. The smallest absolute Gasteiger partial charge is 0.320 e. The van der Waals surface area contributed by atoms with Crippen LogP contribution in [0.15, 0.2) is 30.5 Å². The van der Waals surface area contributed by atoms with E-state index in [0.29, 0.717) is 56.1 Å². The Bertz CT molecular complexity index is 1140. The Hall–Kier alpha value is -3.03. The van der Waals surface area contributed by atoms with E-state index in [1.54, 1.807) is 0 Å². The second kappa shape index (κ2) is 9.79. The molecule has 4 saturated heterocycles. The van der Waals surface area contributed by atoms with Crippen molar-refractivity contribution < 1.29 is 14.4 Å². The van der Waals surface area contributed by atoms with Gasteiger partial charge in [-0.1, -0.05) is 18.2 Å². The molecule has 8 heteroatoms. The highest BCUT2D eigenvalue weighted by Gasteiger charge is 2.45. The maximum Gasteiger partial charge on any atom is 0.320 e. The number of aromatic nitrogens is 1. The van der Waals surface area contributed by atoms with Gasteiger partial charge in [-0.05, 0) is 62.0 Å². The van der Waals surface area contributed by atoms with E-state index in [1.165, 1.54) is 10.9 Å². The van der Waals surface area contributed by atoms with Gasteiger partial charge in [-0.2, -0.15) is 0 Å². The van der Waals surface area contributed by atoms with Gasteiger partial charge in [0.15, 0.2) is 0 Å². The lowest BCUT2D eigenvalue weighted by Gasteiger charge is -2.53. The molecule has 0 unspecified atom stereocenters. The third-order valence-electron chi connectivity index (χ3n) is 8.88. The number of likely N-dealkylation sites (tertiary alicyclic amines) is 2. The number of para-hydroxylation sites is 1. The van der Waals surface area contributed by atoms with Crippen molar-refractivity contribution in [2.45, 2.75) is 63.5 Å². The molecule has 2 N–H and O–H groups in total. The van der Waals surface area contributed by atoms with Crippen molar-refractivity contribution in [3.05, 3.63) is 36.0 Å². The molecule has 5 heterocycles. The molecule has 4 amide bonds. The predicted molar refractivity (Wildman–Crippen MR) is 137 cm³/mol. The van der Waals surface area contributed by atoms with E-state index in [4.69, 9.17) is 0 Å². The number of rotatable bonds is 4. The molecule has 2 aromatic rings. The fourth-order valence-electron chi connectivity index (χ4n) is 7.07. The van der Waals surface area contributed by atoms with Gasteiger partial charge in [0.1, 0.15) is 0 Å². The lowest BCUT2D eigenvalue weighted by Crippen LogP contribution is -2.62. The first kappa shape index (κ1) is 23.4. The number of nitrogens with one attached hydrogen (secondary N) is 2. The summed E-state index contributed by atoms with van der Waals surface area (Å²) in [5.74, 6) is 1.21. The van der Waals surface area contributed by atoms with Crippen LogP contribution in [0.3, 0.4) is 0 Å². The molecule has 36 heavy (non-hydrogen) atoms. The maximum atomic E-state index is 13.4. The summed E-state index contributed by atoms with van der Waals surface area (Å²) in [5.41, 5.74) is 2.28. The summed E-state index contributed by atoms with van der Waals surface area (Å²) in [6, 6.07) is 8.77. The number of aryl methyl sites for hydroxylation is 1. The highest BCUT2D eigenvalue weighted by Crippen LogP contribution is 2.38. The van der Waals surface area contributed by atoms with Crippen LogP contribution < -0.4 is 5.32 Å². The zero-order chi connectivity index (χ0) is 24.6. The summed E-state index contributed by atoms with van der Waals surface area (Å²) < 4.78 is 0. The van der Waals surface area contributed by atoms with Gasteiger partial charge in [0.2, 0.25) is 11.8 Å². The number of carbonyl (C=O) groups is 3. The second-order valence-electron chi connectivity index (χ2n) is 11.2. The number of carbonyl (C=O) groups excluding carboxylic acids is 3. The van der Waals surface area contributed by atoms with Crippen LogP contribution >= 0.6 is 0 Å². The van der Waals surface area contributed by atoms with Crippen molar-refractivity contribution in [2.24, 2.45) is 11.8 Å². The summed E-state index contributed by atoms with van der Waals surface area (Å²) in [6.07, 6.45) is 8.68. The van der Waals surface area contributed by atoms with Gasteiger partial charge in [-0.3, -0.25) is 9.59 Å². The van der Waals surface area contributed by atoms with Crippen molar-refractivity contribution in [2.75, 3.05) is 32.7 Å². The van der Waals surface area contributed by atoms with Gasteiger partial charge in [-0.25, -0.2) is 4.79 Å². The lowest BCUT2D eigenvalue weighted by molar-refractivity contribution is -0.144. The standard InChI is InChI=1S/C28H37N5O3/c34-26(9-8-20-15-29-24-5-2-1-4-23(20)24)30-22-10-12-31(13-11-22)28(36)32-16-19-14-21(18-32)25-6-3-7-27(35)33(25)17-19/h1-2,4-5,15,19,21-22,25,29H,3,6-14,16-18H2,(H,30,34)/t19-,21-,25-/m1/s1. The van der Waals surface area contributed by atoms with Crippen molar-refractivity contribution in [1.82, 2.24) is 25.0 Å². The molecular weight excluding hydrogens is 454 g/mol. The highest BCUT2D eigenvalue weighted by molar-refractivity contribution is 5.84. The van der Waals surface area contributed by atoms with E-state index in [9.17, 15) is 14.4 Å². The van der Waals surface area contributed by atoms with Crippen molar-refractivity contribution in [3.8, 4) is 0 Å². The quantitative estimate of drug-likeness (QED) is 0.689. The van der Waals surface area contributed by atoms with Crippen molar-refractivity contribution >= 4 is 28.7 Å². The van der Waals surface area contributed by atoms with Gasteiger partial charge < -0.3 is 25.0 Å². The Kier molecular flexibility index (Phi) is 6.36. The minimum absolute atomic E-state index is 0.0838. The lowest BCUT2D eigenvalue weighted by atomic mass is 9.76. The average molecular weight is 492 g/mol. The molecule has 1 aromatic heterocycles. The Morgan fingerprint density at radius 2 is 1.86 bits per heavy atom.